The lowest BCUT2D eigenvalue weighted by molar-refractivity contribution is -0.135. The van der Waals surface area contributed by atoms with Gasteiger partial charge < -0.3 is 10.0 Å². The molecular weight excluding hydrogens is 364 g/mol. The number of rotatable bonds is 6. The summed E-state index contributed by atoms with van der Waals surface area (Å²) in [7, 11) is 0. The lowest BCUT2D eigenvalue weighted by Crippen LogP contribution is -2.45. The van der Waals surface area contributed by atoms with Crippen LogP contribution in [0.4, 0.5) is 4.79 Å². The van der Waals surface area contributed by atoms with Crippen LogP contribution in [0.1, 0.15) is 37.7 Å². The van der Waals surface area contributed by atoms with E-state index in [1.807, 2.05) is 30.3 Å². The van der Waals surface area contributed by atoms with Gasteiger partial charge in [-0.2, -0.15) is 0 Å². The SMILES string of the molecule is O=C1S/C(=C/c2ccccc2)C(=O)N1CCC(=O)N1CCCCC1CCO. The number of benzene rings is 1. The van der Waals surface area contributed by atoms with Gasteiger partial charge in [0, 0.05) is 32.2 Å². The summed E-state index contributed by atoms with van der Waals surface area (Å²) in [5.74, 6) is -0.397. The van der Waals surface area contributed by atoms with Crippen LogP contribution < -0.4 is 0 Å². The van der Waals surface area contributed by atoms with Gasteiger partial charge in [0.05, 0.1) is 4.91 Å². The monoisotopic (exact) mass is 388 g/mol. The molecule has 1 aromatic carbocycles. The zero-order chi connectivity index (χ0) is 19.2. The molecule has 2 saturated heterocycles. The fourth-order valence-corrected chi connectivity index (χ4v) is 4.39. The molecular formula is C20H24N2O4S. The maximum absolute atomic E-state index is 12.6. The topological polar surface area (TPSA) is 77.9 Å². The van der Waals surface area contributed by atoms with Crippen molar-refractivity contribution in [2.45, 2.75) is 38.1 Å². The minimum Gasteiger partial charge on any atom is -0.396 e. The van der Waals surface area contributed by atoms with Crippen LogP contribution in [0.25, 0.3) is 6.08 Å². The van der Waals surface area contributed by atoms with Gasteiger partial charge in [0.15, 0.2) is 0 Å². The van der Waals surface area contributed by atoms with Crippen molar-refractivity contribution in [3.05, 3.63) is 40.8 Å². The smallest absolute Gasteiger partial charge is 0.293 e. The molecule has 0 aromatic heterocycles. The van der Waals surface area contributed by atoms with E-state index in [4.69, 9.17) is 0 Å². The summed E-state index contributed by atoms with van der Waals surface area (Å²) in [5.41, 5.74) is 0.860. The number of imide groups is 1. The number of hydrogen-bond donors (Lipinski definition) is 1. The molecule has 6 nitrogen and oxygen atoms in total. The van der Waals surface area contributed by atoms with Crippen molar-refractivity contribution in [2.75, 3.05) is 19.7 Å². The van der Waals surface area contributed by atoms with Crippen LogP contribution in [0, 0.1) is 0 Å². The fraction of sp³-hybridized carbons (Fsp3) is 0.450. The van der Waals surface area contributed by atoms with Gasteiger partial charge in [0.25, 0.3) is 11.1 Å². The van der Waals surface area contributed by atoms with E-state index < -0.39 is 0 Å². The molecule has 1 N–H and O–H groups in total. The minimum atomic E-state index is -0.341. The first-order valence-electron chi connectivity index (χ1n) is 9.31. The second kappa shape index (κ2) is 9.19. The summed E-state index contributed by atoms with van der Waals surface area (Å²) < 4.78 is 0. The molecule has 2 fully saturated rings. The molecule has 3 amide bonds. The molecule has 1 unspecified atom stereocenters. The number of piperidine rings is 1. The van der Waals surface area contributed by atoms with Crippen molar-refractivity contribution in [3.63, 3.8) is 0 Å². The van der Waals surface area contributed by atoms with Crippen molar-refractivity contribution in [2.24, 2.45) is 0 Å². The zero-order valence-electron chi connectivity index (χ0n) is 15.2. The molecule has 0 radical (unpaired) electrons. The van der Waals surface area contributed by atoms with E-state index in [0.717, 1.165) is 41.5 Å². The summed E-state index contributed by atoms with van der Waals surface area (Å²) in [6.45, 7) is 0.832. The van der Waals surface area contributed by atoms with E-state index in [-0.39, 0.29) is 42.7 Å². The Kier molecular flexibility index (Phi) is 6.68. The van der Waals surface area contributed by atoms with Crippen molar-refractivity contribution in [3.8, 4) is 0 Å². The maximum atomic E-state index is 12.6. The Morgan fingerprint density at radius 2 is 2.00 bits per heavy atom. The Bertz CT molecular complexity index is 733. The van der Waals surface area contributed by atoms with Gasteiger partial charge in [0.1, 0.15) is 0 Å². The van der Waals surface area contributed by atoms with Gasteiger partial charge in [-0.1, -0.05) is 30.3 Å². The highest BCUT2D eigenvalue weighted by Gasteiger charge is 2.36. The van der Waals surface area contributed by atoms with Gasteiger partial charge in [0.2, 0.25) is 5.91 Å². The summed E-state index contributed by atoms with van der Waals surface area (Å²) in [6.07, 6.45) is 5.31. The molecule has 144 valence electrons. The summed E-state index contributed by atoms with van der Waals surface area (Å²) in [5, 5.41) is 8.86. The van der Waals surface area contributed by atoms with E-state index in [1.54, 1.807) is 11.0 Å². The first-order valence-corrected chi connectivity index (χ1v) is 10.1. The highest BCUT2D eigenvalue weighted by molar-refractivity contribution is 8.18. The van der Waals surface area contributed by atoms with Gasteiger partial charge >= 0.3 is 0 Å². The molecule has 3 rings (SSSR count). The number of thioether (sulfide) groups is 1. The third-order valence-corrected chi connectivity index (χ3v) is 5.84. The van der Waals surface area contributed by atoms with E-state index in [0.29, 0.717) is 17.9 Å². The summed E-state index contributed by atoms with van der Waals surface area (Å²) in [6, 6.07) is 9.43. The zero-order valence-corrected chi connectivity index (χ0v) is 16.0. The molecule has 2 aliphatic rings. The van der Waals surface area contributed by atoms with Gasteiger partial charge in [-0.05, 0) is 49.1 Å². The van der Waals surface area contributed by atoms with Crippen LogP contribution >= 0.6 is 11.8 Å². The van der Waals surface area contributed by atoms with Crippen molar-refractivity contribution < 1.29 is 19.5 Å². The maximum Gasteiger partial charge on any atom is 0.293 e. The lowest BCUT2D eigenvalue weighted by Gasteiger charge is -2.36. The van der Waals surface area contributed by atoms with Crippen LogP contribution in [0.15, 0.2) is 35.2 Å². The van der Waals surface area contributed by atoms with Crippen LogP contribution in [0.5, 0.6) is 0 Å². The molecule has 1 atom stereocenters. The standard InChI is InChI=1S/C20H24N2O4S/c23-13-10-16-8-4-5-11-21(16)18(24)9-12-22-19(25)17(27-20(22)26)14-15-6-2-1-3-7-15/h1-3,6-7,14,16,23H,4-5,8-13H2/b17-14+. The number of amides is 3. The molecule has 0 bridgehead atoms. The Labute approximate surface area is 163 Å². The highest BCUT2D eigenvalue weighted by Crippen LogP contribution is 2.32. The average Bonchev–Trinajstić information content (AvgIpc) is 2.94. The number of carbonyl (C=O) groups excluding carboxylic acids is 3. The van der Waals surface area contributed by atoms with Gasteiger partial charge in [-0.3, -0.25) is 19.3 Å². The second-order valence-corrected chi connectivity index (χ2v) is 7.74. The quantitative estimate of drug-likeness (QED) is 0.758. The molecule has 0 spiro atoms. The first kappa shape index (κ1) is 19.6. The Morgan fingerprint density at radius 3 is 2.74 bits per heavy atom. The van der Waals surface area contributed by atoms with E-state index in [9.17, 15) is 19.5 Å². The van der Waals surface area contributed by atoms with Crippen molar-refractivity contribution in [1.29, 1.82) is 0 Å². The lowest BCUT2D eigenvalue weighted by atomic mass is 9.99. The third-order valence-electron chi connectivity index (χ3n) is 4.93. The number of aliphatic hydroxyl groups is 1. The average molecular weight is 388 g/mol. The van der Waals surface area contributed by atoms with Crippen LogP contribution in [-0.4, -0.2) is 57.7 Å². The van der Waals surface area contributed by atoms with Crippen LogP contribution in [0.3, 0.4) is 0 Å². The third kappa shape index (κ3) is 4.78. The van der Waals surface area contributed by atoms with Crippen molar-refractivity contribution >= 4 is 34.9 Å². The van der Waals surface area contributed by atoms with Crippen molar-refractivity contribution in [1.82, 2.24) is 9.80 Å². The Hall–Kier alpha value is -2.12. The molecule has 2 heterocycles. The second-order valence-electron chi connectivity index (χ2n) is 6.74. The number of carbonyl (C=O) groups is 3. The molecule has 0 aliphatic carbocycles. The number of likely N-dealkylation sites (tertiary alicyclic amines) is 1. The predicted octanol–water partition coefficient (Wildman–Crippen LogP) is 2.88. The Balaban J connectivity index is 1.60. The minimum absolute atomic E-state index is 0.0563. The van der Waals surface area contributed by atoms with Crippen LogP contribution in [-0.2, 0) is 9.59 Å². The number of hydrogen-bond acceptors (Lipinski definition) is 5. The molecule has 2 aliphatic heterocycles. The molecule has 0 saturated carbocycles. The van der Waals surface area contributed by atoms with E-state index in [2.05, 4.69) is 0 Å². The molecule has 7 heteroatoms. The van der Waals surface area contributed by atoms with E-state index >= 15 is 0 Å². The van der Waals surface area contributed by atoms with Gasteiger partial charge in [-0.25, -0.2) is 0 Å². The number of nitrogens with zero attached hydrogens (tertiary/aromatic N) is 2. The molecule has 1 aromatic rings. The summed E-state index contributed by atoms with van der Waals surface area (Å²) in [4.78, 5) is 40.7. The predicted molar refractivity (Wildman–Crippen MR) is 105 cm³/mol. The van der Waals surface area contributed by atoms with Crippen LogP contribution in [0.2, 0.25) is 0 Å². The number of aliphatic hydroxyl groups excluding tert-OH is 1. The van der Waals surface area contributed by atoms with Gasteiger partial charge in [-0.15, -0.1) is 0 Å². The largest absolute Gasteiger partial charge is 0.396 e. The first-order chi connectivity index (χ1) is 13.1. The summed E-state index contributed by atoms with van der Waals surface area (Å²) >= 11 is 0.913. The fourth-order valence-electron chi connectivity index (χ4n) is 3.52. The normalized spacial score (nSPS) is 22.0. The highest BCUT2D eigenvalue weighted by atomic mass is 32.2. The Morgan fingerprint density at radius 1 is 1.22 bits per heavy atom. The van der Waals surface area contributed by atoms with E-state index in [1.165, 1.54) is 0 Å². The molecule has 27 heavy (non-hydrogen) atoms.